The molecule has 0 fully saturated rings. The van der Waals surface area contributed by atoms with Crippen molar-refractivity contribution in [3.8, 4) is 11.5 Å². The van der Waals surface area contributed by atoms with Gasteiger partial charge in [0.1, 0.15) is 23.8 Å². The number of aromatic nitrogens is 2. The van der Waals surface area contributed by atoms with Crippen molar-refractivity contribution in [3.63, 3.8) is 0 Å². The van der Waals surface area contributed by atoms with Gasteiger partial charge in [0.15, 0.2) is 0 Å². The first-order valence-corrected chi connectivity index (χ1v) is 10.6. The van der Waals surface area contributed by atoms with Crippen molar-refractivity contribution in [2.45, 2.75) is 26.9 Å². The Hall–Kier alpha value is -3.80. The molecule has 4 aromatic rings. The number of benzene rings is 2. The molecule has 164 valence electrons. The highest BCUT2D eigenvalue weighted by molar-refractivity contribution is 5.96. The largest absolute Gasteiger partial charge is 0.496 e. The number of carbonyl (C=O) groups excluding carboxylic acids is 1. The van der Waals surface area contributed by atoms with E-state index in [1.165, 1.54) is 0 Å². The van der Waals surface area contributed by atoms with Crippen LogP contribution in [0.5, 0.6) is 11.5 Å². The van der Waals surface area contributed by atoms with Crippen LogP contribution in [0.25, 0.3) is 5.65 Å². The van der Waals surface area contributed by atoms with Gasteiger partial charge in [-0.15, -0.1) is 0 Å². The van der Waals surface area contributed by atoms with Crippen LogP contribution in [0.4, 0.5) is 0 Å². The molecule has 0 aliphatic rings. The molecule has 0 spiro atoms. The Morgan fingerprint density at radius 2 is 1.91 bits per heavy atom. The minimum absolute atomic E-state index is 0.168. The Bertz CT molecular complexity index is 1250. The first-order valence-electron chi connectivity index (χ1n) is 10.6. The van der Waals surface area contributed by atoms with Gasteiger partial charge >= 0.3 is 0 Å². The number of nitrogens with zero attached hydrogens (tertiary/aromatic N) is 2. The molecule has 0 atom stereocenters. The number of para-hydroxylation sites is 1. The van der Waals surface area contributed by atoms with Crippen molar-refractivity contribution >= 4 is 11.6 Å². The molecule has 2 aromatic heterocycles. The lowest BCUT2D eigenvalue weighted by molar-refractivity contribution is 0.0949. The Balaban J connectivity index is 1.40. The third kappa shape index (κ3) is 4.75. The molecule has 4 rings (SSSR count). The molecule has 6 heteroatoms. The van der Waals surface area contributed by atoms with E-state index in [-0.39, 0.29) is 12.5 Å². The smallest absolute Gasteiger partial charge is 0.255 e. The summed E-state index contributed by atoms with van der Waals surface area (Å²) in [5.74, 6) is 1.20. The van der Waals surface area contributed by atoms with Gasteiger partial charge in [-0.25, -0.2) is 4.98 Å². The Labute approximate surface area is 187 Å². The summed E-state index contributed by atoms with van der Waals surface area (Å²) in [6.45, 7) is 4.85. The van der Waals surface area contributed by atoms with Gasteiger partial charge in [0.05, 0.1) is 18.4 Å². The summed E-state index contributed by atoms with van der Waals surface area (Å²) in [7, 11) is 1.66. The van der Waals surface area contributed by atoms with E-state index in [4.69, 9.17) is 9.47 Å². The first-order chi connectivity index (χ1) is 15.5. The van der Waals surface area contributed by atoms with E-state index >= 15 is 0 Å². The molecule has 0 radical (unpaired) electrons. The SMILES string of the molecule is COc1ccc(C)cc1CCNC(=O)c1ccccc1OCc1cn2cccc(C)c2n1. The number of nitrogens with one attached hydrogen (secondary N) is 1. The summed E-state index contributed by atoms with van der Waals surface area (Å²) >= 11 is 0. The number of methoxy groups -OCH3 is 1. The van der Waals surface area contributed by atoms with Gasteiger partial charge in [-0.3, -0.25) is 4.79 Å². The van der Waals surface area contributed by atoms with E-state index in [9.17, 15) is 4.79 Å². The van der Waals surface area contributed by atoms with E-state index in [1.807, 2.05) is 67.0 Å². The molecule has 0 aliphatic heterocycles. The molecule has 0 saturated heterocycles. The molecule has 1 amide bonds. The van der Waals surface area contributed by atoms with E-state index in [0.29, 0.717) is 24.3 Å². The van der Waals surface area contributed by atoms with Gasteiger partial charge in [0, 0.05) is 18.9 Å². The van der Waals surface area contributed by atoms with Gasteiger partial charge in [-0.1, -0.05) is 35.9 Å². The molecule has 2 aromatic carbocycles. The fraction of sp³-hybridized carbons (Fsp3) is 0.231. The zero-order chi connectivity index (χ0) is 22.5. The summed E-state index contributed by atoms with van der Waals surface area (Å²) in [4.78, 5) is 17.5. The molecule has 0 saturated carbocycles. The van der Waals surface area contributed by atoms with Crippen LogP contribution < -0.4 is 14.8 Å². The van der Waals surface area contributed by atoms with Crippen LogP contribution in [0.3, 0.4) is 0 Å². The minimum atomic E-state index is -0.168. The number of hydrogen-bond acceptors (Lipinski definition) is 4. The van der Waals surface area contributed by atoms with Crippen molar-refractivity contribution in [1.82, 2.24) is 14.7 Å². The molecule has 32 heavy (non-hydrogen) atoms. The lowest BCUT2D eigenvalue weighted by atomic mass is 10.1. The molecular formula is C26H27N3O3. The maximum atomic E-state index is 12.8. The number of imidazole rings is 1. The molecule has 6 nitrogen and oxygen atoms in total. The fourth-order valence-electron chi connectivity index (χ4n) is 3.71. The van der Waals surface area contributed by atoms with Crippen molar-refractivity contribution in [2.75, 3.05) is 13.7 Å². The average molecular weight is 430 g/mol. The number of aryl methyl sites for hydroxylation is 2. The number of pyridine rings is 1. The second-order valence-electron chi connectivity index (χ2n) is 7.76. The Kier molecular flexibility index (Phi) is 6.40. The zero-order valence-corrected chi connectivity index (χ0v) is 18.6. The van der Waals surface area contributed by atoms with Crippen LogP contribution in [-0.2, 0) is 13.0 Å². The molecule has 0 unspecified atom stereocenters. The van der Waals surface area contributed by atoms with Crippen molar-refractivity contribution < 1.29 is 14.3 Å². The highest BCUT2D eigenvalue weighted by atomic mass is 16.5. The Morgan fingerprint density at radius 3 is 2.72 bits per heavy atom. The van der Waals surface area contributed by atoms with Crippen molar-refractivity contribution in [1.29, 1.82) is 0 Å². The minimum Gasteiger partial charge on any atom is -0.496 e. The maximum absolute atomic E-state index is 12.8. The first kappa shape index (κ1) is 21.4. The molecule has 2 heterocycles. The maximum Gasteiger partial charge on any atom is 0.255 e. The highest BCUT2D eigenvalue weighted by Crippen LogP contribution is 2.21. The van der Waals surface area contributed by atoms with Gasteiger partial charge in [0.25, 0.3) is 5.91 Å². The standard InChI is InChI=1S/C26H27N3O3/c1-18-10-11-23(31-3)20(15-18)12-13-27-26(30)22-8-4-5-9-24(22)32-17-21-16-29-14-6-7-19(2)25(29)28-21/h4-11,14-16H,12-13,17H2,1-3H3,(H,27,30). The van der Waals surface area contributed by atoms with Crippen LogP contribution in [0.2, 0.25) is 0 Å². The lowest BCUT2D eigenvalue weighted by Gasteiger charge is -2.12. The summed E-state index contributed by atoms with van der Waals surface area (Å²) in [6, 6.07) is 17.3. The number of carbonyl (C=O) groups is 1. The van der Waals surface area contributed by atoms with Crippen LogP contribution >= 0.6 is 0 Å². The van der Waals surface area contributed by atoms with Crippen LogP contribution in [-0.4, -0.2) is 28.9 Å². The van der Waals surface area contributed by atoms with E-state index < -0.39 is 0 Å². The number of rotatable bonds is 8. The van der Waals surface area contributed by atoms with Gasteiger partial charge in [0.2, 0.25) is 0 Å². The lowest BCUT2D eigenvalue weighted by Crippen LogP contribution is -2.26. The van der Waals surface area contributed by atoms with Crippen LogP contribution in [0, 0.1) is 13.8 Å². The van der Waals surface area contributed by atoms with Crippen LogP contribution in [0.15, 0.2) is 67.0 Å². The normalized spacial score (nSPS) is 10.8. The third-order valence-electron chi connectivity index (χ3n) is 5.35. The molecule has 1 N–H and O–H groups in total. The topological polar surface area (TPSA) is 64.9 Å². The number of ether oxygens (including phenoxy) is 2. The third-order valence-corrected chi connectivity index (χ3v) is 5.35. The van der Waals surface area contributed by atoms with E-state index in [1.54, 1.807) is 19.2 Å². The second-order valence-corrected chi connectivity index (χ2v) is 7.76. The Morgan fingerprint density at radius 1 is 1.06 bits per heavy atom. The van der Waals surface area contributed by atoms with Gasteiger partial charge < -0.3 is 19.2 Å². The predicted molar refractivity (Wildman–Crippen MR) is 124 cm³/mol. The summed E-state index contributed by atoms with van der Waals surface area (Å²) in [6.07, 6.45) is 4.59. The number of amides is 1. The van der Waals surface area contributed by atoms with Gasteiger partial charge in [-0.05, 0) is 55.7 Å². The van der Waals surface area contributed by atoms with Crippen LogP contribution in [0.1, 0.15) is 32.7 Å². The summed E-state index contributed by atoms with van der Waals surface area (Å²) in [5, 5.41) is 2.99. The van der Waals surface area contributed by atoms with Gasteiger partial charge in [-0.2, -0.15) is 0 Å². The van der Waals surface area contributed by atoms with Crippen molar-refractivity contribution in [2.24, 2.45) is 0 Å². The zero-order valence-electron chi connectivity index (χ0n) is 18.6. The monoisotopic (exact) mass is 429 g/mol. The van der Waals surface area contributed by atoms with E-state index in [2.05, 4.69) is 16.4 Å². The quantitative estimate of drug-likeness (QED) is 0.448. The molecule has 0 bridgehead atoms. The molecule has 0 aliphatic carbocycles. The average Bonchev–Trinajstić information content (AvgIpc) is 3.22. The van der Waals surface area contributed by atoms with Crippen molar-refractivity contribution in [3.05, 3.63) is 94.9 Å². The van der Waals surface area contributed by atoms with E-state index in [0.717, 1.165) is 33.8 Å². The highest BCUT2D eigenvalue weighted by Gasteiger charge is 2.13. The summed E-state index contributed by atoms with van der Waals surface area (Å²) in [5.41, 5.74) is 5.55. The fourth-order valence-corrected chi connectivity index (χ4v) is 3.71. The number of hydrogen-bond donors (Lipinski definition) is 1. The predicted octanol–water partition coefficient (Wildman–Crippen LogP) is 4.51. The number of fused-ring (bicyclic) bond motifs is 1. The molecular weight excluding hydrogens is 402 g/mol. The second kappa shape index (κ2) is 9.56. The summed E-state index contributed by atoms with van der Waals surface area (Å²) < 4.78 is 13.4.